The molecule has 1 saturated carbocycles. The van der Waals surface area contributed by atoms with E-state index in [1.54, 1.807) is 30.3 Å². The highest BCUT2D eigenvalue weighted by molar-refractivity contribution is 6.13. The molecule has 1 aliphatic rings. The van der Waals surface area contributed by atoms with Crippen LogP contribution in [0.3, 0.4) is 0 Å². The molecule has 1 aliphatic carbocycles. The smallest absolute Gasteiger partial charge is 0.326 e. The number of rotatable bonds is 5. The third-order valence-electron chi connectivity index (χ3n) is 7.36. The molecule has 0 aliphatic heterocycles. The van der Waals surface area contributed by atoms with Crippen molar-refractivity contribution in [3.63, 3.8) is 0 Å². The molecule has 0 unspecified atom stereocenters. The molecule has 3 aromatic rings. The molecule has 1 fully saturated rings. The average Bonchev–Trinajstić information content (AvgIpc) is 2.91. The van der Waals surface area contributed by atoms with Crippen LogP contribution in [0.25, 0.3) is 10.8 Å². The molecular weight excluding hydrogens is 577 g/mol. The number of carbonyl (C=O) groups excluding carboxylic acids is 1. The summed E-state index contributed by atoms with van der Waals surface area (Å²) in [7, 11) is 0. The molecule has 0 radical (unpaired) electrons. The minimum absolute atomic E-state index is 0.0807. The maximum absolute atomic E-state index is 15.7. The van der Waals surface area contributed by atoms with Gasteiger partial charge in [0.25, 0.3) is 11.6 Å². The Kier molecular flexibility index (Phi) is 6.92. The van der Waals surface area contributed by atoms with E-state index in [0.717, 1.165) is 6.92 Å². The third kappa shape index (κ3) is 3.71. The molecule has 3 N–H and O–H groups in total. The number of amides is 1. The van der Waals surface area contributed by atoms with Crippen molar-refractivity contribution in [2.45, 2.75) is 62.1 Å². The molecule has 0 atom stereocenters. The van der Waals surface area contributed by atoms with Crippen molar-refractivity contribution < 1.29 is 53.1 Å². The van der Waals surface area contributed by atoms with Gasteiger partial charge in [0.1, 0.15) is 0 Å². The fourth-order valence-electron chi connectivity index (χ4n) is 5.02. The topological polar surface area (TPSA) is 55.1 Å². The number of nitrogens with one attached hydrogen (secondary N) is 1. The molecule has 14 heteroatoms. The second-order valence-electron chi connectivity index (χ2n) is 9.69. The number of benzene rings is 3. The summed E-state index contributed by atoms with van der Waals surface area (Å²) in [6.07, 6.45) is -0.340. The van der Waals surface area contributed by atoms with Crippen molar-refractivity contribution in [3.8, 4) is 0 Å². The van der Waals surface area contributed by atoms with Crippen molar-refractivity contribution in [3.05, 3.63) is 76.3 Å². The van der Waals surface area contributed by atoms with Gasteiger partial charge in [-0.25, -0.2) is 4.39 Å². The molecule has 3 nitrogen and oxygen atoms in total. The van der Waals surface area contributed by atoms with E-state index in [1.165, 1.54) is 13.0 Å². The molecule has 1 amide bonds. The molecule has 0 saturated heterocycles. The Balaban J connectivity index is 1.87. The third-order valence-corrected chi connectivity index (χ3v) is 7.36. The van der Waals surface area contributed by atoms with Gasteiger partial charge >= 0.3 is 29.6 Å². The number of hydrogen-bond donors (Lipinski definition) is 2. The first-order valence-electron chi connectivity index (χ1n) is 12.0. The monoisotopic (exact) mass is 598 g/mol. The number of hydrogen-bond acceptors (Lipinski definition) is 2. The van der Waals surface area contributed by atoms with Crippen LogP contribution in [0.2, 0.25) is 0 Å². The summed E-state index contributed by atoms with van der Waals surface area (Å²) in [4.78, 5) is 13.2. The van der Waals surface area contributed by atoms with Crippen molar-refractivity contribution in [1.29, 1.82) is 0 Å². The van der Waals surface area contributed by atoms with E-state index in [0.29, 0.717) is 16.3 Å². The number of aryl methyl sites for hydroxylation is 2. The van der Waals surface area contributed by atoms with Crippen LogP contribution in [0, 0.1) is 6.92 Å². The van der Waals surface area contributed by atoms with Gasteiger partial charge in [-0.1, -0.05) is 49.4 Å². The number of carbonyl (C=O) groups is 1. The van der Waals surface area contributed by atoms with E-state index in [9.17, 15) is 48.7 Å². The molecule has 222 valence electrons. The lowest BCUT2D eigenvalue weighted by atomic mass is 9.68. The number of halogens is 11. The zero-order valence-electron chi connectivity index (χ0n) is 21.2. The normalized spacial score (nSPS) is 21.4. The molecule has 0 spiro atoms. The van der Waals surface area contributed by atoms with Crippen molar-refractivity contribution in [2.75, 3.05) is 5.32 Å². The van der Waals surface area contributed by atoms with E-state index in [1.807, 2.05) is 0 Å². The lowest BCUT2D eigenvalue weighted by Gasteiger charge is -2.52. The van der Waals surface area contributed by atoms with Crippen molar-refractivity contribution >= 4 is 22.4 Å². The second kappa shape index (κ2) is 9.30. The van der Waals surface area contributed by atoms with E-state index < -0.39 is 57.9 Å². The summed E-state index contributed by atoms with van der Waals surface area (Å²) >= 11 is 0. The lowest BCUT2D eigenvalue weighted by molar-refractivity contribution is -0.489. The summed E-state index contributed by atoms with van der Waals surface area (Å²) in [5.74, 6) is -36.5. The first-order valence-corrected chi connectivity index (χ1v) is 12.0. The lowest BCUT2D eigenvalue weighted by Crippen LogP contribution is -2.82. The maximum atomic E-state index is 15.7. The van der Waals surface area contributed by atoms with E-state index in [-0.39, 0.29) is 36.3 Å². The SMILES string of the molecule is CCc1cc(C2(F)C(F)(F)C(F)(F)C(F)(F)C(F)(F)C2(F)F)cc(C)c1NC(=O)c1ccc(CN)c2ccccc12. The molecule has 0 aromatic heterocycles. The van der Waals surface area contributed by atoms with Crippen LogP contribution in [0.4, 0.5) is 54.0 Å². The number of alkyl halides is 11. The molecule has 4 rings (SSSR count). The number of fused-ring (bicyclic) bond motifs is 1. The Bertz CT molecular complexity index is 1510. The Hall–Kier alpha value is -3.42. The van der Waals surface area contributed by atoms with Gasteiger partial charge < -0.3 is 11.1 Å². The van der Waals surface area contributed by atoms with Crippen LogP contribution >= 0.6 is 0 Å². The molecule has 0 heterocycles. The van der Waals surface area contributed by atoms with Gasteiger partial charge in [-0.2, -0.15) is 43.9 Å². The Labute approximate surface area is 225 Å². The van der Waals surface area contributed by atoms with Crippen LogP contribution in [0.5, 0.6) is 0 Å². The maximum Gasteiger partial charge on any atom is 0.384 e. The Morgan fingerprint density at radius 3 is 1.76 bits per heavy atom. The van der Waals surface area contributed by atoms with Gasteiger partial charge in [0.15, 0.2) is 0 Å². The molecule has 0 bridgehead atoms. The summed E-state index contributed by atoms with van der Waals surface area (Å²) < 4.78 is 158. The Morgan fingerprint density at radius 1 is 0.732 bits per heavy atom. The minimum Gasteiger partial charge on any atom is -0.326 e. The first kappa shape index (κ1) is 30.5. The standard InChI is InChI=1S/C27H21F11N2O/c1-3-14-11-16(22(28)23(29,30)25(33,34)27(37,38)26(35,36)24(22,31)32)10-13(2)20(14)40-21(41)19-9-8-15(12-39)17-6-4-5-7-18(17)19/h4-11H,3,12,39H2,1-2H3,(H,40,41). The summed E-state index contributed by atoms with van der Waals surface area (Å²) in [6, 6.07) is 9.83. The highest BCUT2D eigenvalue weighted by atomic mass is 19.4. The summed E-state index contributed by atoms with van der Waals surface area (Å²) in [6.45, 7) is 2.38. The molecule has 41 heavy (non-hydrogen) atoms. The fourth-order valence-corrected chi connectivity index (χ4v) is 5.02. The number of anilines is 1. The van der Waals surface area contributed by atoms with E-state index in [4.69, 9.17) is 5.73 Å². The van der Waals surface area contributed by atoms with E-state index >= 15 is 4.39 Å². The van der Waals surface area contributed by atoms with Gasteiger partial charge in [0, 0.05) is 23.4 Å². The van der Waals surface area contributed by atoms with Gasteiger partial charge in [-0.3, -0.25) is 4.79 Å². The minimum atomic E-state index is -7.30. The summed E-state index contributed by atoms with van der Waals surface area (Å²) in [5, 5.41) is 3.48. The van der Waals surface area contributed by atoms with Gasteiger partial charge in [0.05, 0.1) is 0 Å². The van der Waals surface area contributed by atoms with Crippen molar-refractivity contribution in [2.24, 2.45) is 5.73 Å². The van der Waals surface area contributed by atoms with Crippen LogP contribution in [0.1, 0.15) is 39.5 Å². The summed E-state index contributed by atoms with van der Waals surface area (Å²) in [5.41, 5.74) is -2.99. The van der Waals surface area contributed by atoms with Gasteiger partial charge in [0.2, 0.25) is 0 Å². The predicted molar refractivity (Wildman–Crippen MR) is 128 cm³/mol. The van der Waals surface area contributed by atoms with Gasteiger partial charge in [-0.15, -0.1) is 0 Å². The van der Waals surface area contributed by atoms with Crippen LogP contribution in [0.15, 0.2) is 48.5 Å². The Morgan fingerprint density at radius 2 is 1.24 bits per heavy atom. The highest BCUT2D eigenvalue weighted by Gasteiger charge is 3.01. The van der Waals surface area contributed by atoms with Crippen molar-refractivity contribution in [1.82, 2.24) is 0 Å². The fraction of sp³-hybridized carbons (Fsp3) is 0.370. The molecule has 3 aromatic carbocycles. The first-order chi connectivity index (χ1) is 18.8. The van der Waals surface area contributed by atoms with Gasteiger partial charge in [-0.05, 0) is 46.9 Å². The van der Waals surface area contributed by atoms with Crippen LogP contribution < -0.4 is 11.1 Å². The highest BCUT2D eigenvalue weighted by Crippen LogP contribution is 2.72. The van der Waals surface area contributed by atoms with Crippen LogP contribution in [-0.4, -0.2) is 35.5 Å². The zero-order chi connectivity index (χ0) is 31.0. The molecular formula is C27H21F11N2O. The van der Waals surface area contributed by atoms with E-state index in [2.05, 4.69) is 5.32 Å². The second-order valence-corrected chi connectivity index (χ2v) is 9.69. The number of nitrogens with two attached hydrogens (primary N) is 1. The largest absolute Gasteiger partial charge is 0.384 e. The van der Waals surface area contributed by atoms with Crippen LogP contribution in [-0.2, 0) is 18.6 Å². The zero-order valence-corrected chi connectivity index (χ0v) is 21.2. The quantitative estimate of drug-likeness (QED) is 0.295. The predicted octanol–water partition coefficient (Wildman–Crippen LogP) is 7.78. The average molecular weight is 598 g/mol.